The lowest BCUT2D eigenvalue weighted by Gasteiger charge is -2.27. The molecule has 2 aromatic carbocycles. The van der Waals surface area contributed by atoms with Crippen LogP contribution in [-0.4, -0.2) is 47.6 Å². The molecule has 0 radical (unpaired) electrons. The van der Waals surface area contributed by atoms with Gasteiger partial charge >= 0.3 is 5.97 Å². The third-order valence-electron chi connectivity index (χ3n) is 6.36. The number of carboxylic acids is 1. The highest BCUT2D eigenvalue weighted by Crippen LogP contribution is 2.35. The molecule has 1 atom stereocenters. The first kappa shape index (κ1) is 19.3. The first-order valence-electron chi connectivity index (χ1n) is 10.5. The Labute approximate surface area is 179 Å². The van der Waals surface area contributed by atoms with Crippen LogP contribution in [-0.2, 0) is 17.6 Å². The van der Waals surface area contributed by atoms with Gasteiger partial charge in [-0.05, 0) is 60.9 Å². The summed E-state index contributed by atoms with van der Waals surface area (Å²) in [5.41, 5.74) is 3.19. The zero-order chi connectivity index (χ0) is 20.7. The highest BCUT2D eigenvalue weighted by atomic mass is 32.1. The Morgan fingerprint density at radius 3 is 2.73 bits per heavy atom. The molecule has 0 aliphatic carbocycles. The van der Waals surface area contributed by atoms with E-state index in [4.69, 9.17) is 0 Å². The molecule has 3 aromatic rings. The topological polar surface area (TPSA) is 60.9 Å². The van der Waals surface area contributed by atoms with Crippen LogP contribution in [0.3, 0.4) is 0 Å². The van der Waals surface area contributed by atoms with Crippen molar-refractivity contribution in [2.45, 2.75) is 31.7 Å². The summed E-state index contributed by atoms with van der Waals surface area (Å²) in [5, 5.41) is 10.8. The first-order valence-corrected chi connectivity index (χ1v) is 11.3. The number of rotatable bonds is 5. The number of carboxylic acid groups (broad SMARTS) is 1. The van der Waals surface area contributed by atoms with Gasteiger partial charge in [-0.25, -0.2) is 4.79 Å². The van der Waals surface area contributed by atoms with Crippen LogP contribution >= 0.6 is 11.3 Å². The summed E-state index contributed by atoms with van der Waals surface area (Å²) in [6.45, 7) is 2.02. The molecular formula is C24H24N2O3S. The van der Waals surface area contributed by atoms with Crippen molar-refractivity contribution in [2.75, 3.05) is 24.5 Å². The predicted molar refractivity (Wildman–Crippen MR) is 120 cm³/mol. The zero-order valence-corrected chi connectivity index (χ0v) is 17.5. The minimum Gasteiger partial charge on any atom is -0.477 e. The molecule has 0 saturated carbocycles. The van der Waals surface area contributed by atoms with Crippen LogP contribution in [0.25, 0.3) is 10.1 Å². The van der Waals surface area contributed by atoms with E-state index in [1.807, 2.05) is 47.4 Å². The molecule has 5 nitrogen and oxygen atoms in total. The van der Waals surface area contributed by atoms with Gasteiger partial charge in [-0.2, -0.15) is 0 Å². The molecule has 0 spiro atoms. The van der Waals surface area contributed by atoms with Crippen LogP contribution < -0.4 is 4.90 Å². The number of nitrogens with zero attached hydrogens (tertiary/aromatic N) is 2. The van der Waals surface area contributed by atoms with Crippen LogP contribution in [0.5, 0.6) is 0 Å². The molecule has 6 heteroatoms. The van der Waals surface area contributed by atoms with Gasteiger partial charge in [-0.3, -0.25) is 9.69 Å². The largest absolute Gasteiger partial charge is 0.477 e. The number of thiophene rings is 1. The molecule has 5 rings (SSSR count). The lowest BCUT2D eigenvalue weighted by Crippen LogP contribution is -2.42. The molecule has 1 N–H and O–H groups in total. The number of hydrogen-bond acceptors (Lipinski definition) is 4. The van der Waals surface area contributed by atoms with Crippen LogP contribution in [0.15, 0.2) is 48.5 Å². The van der Waals surface area contributed by atoms with Crippen LogP contribution in [0, 0.1) is 0 Å². The predicted octanol–water partition coefficient (Wildman–Crippen LogP) is 4.20. The third-order valence-corrected chi connectivity index (χ3v) is 7.56. The fraction of sp³-hybridized carbons (Fsp3) is 0.333. The average Bonchev–Trinajstić information content (AvgIpc) is 3.46. The Balaban J connectivity index is 1.36. The van der Waals surface area contributed by atoms with Gasteiger partial charge in [0.1, 0.15) is 4.88 Å². The van der Waals surface area contributed by atoms with E-state index >= 15 is 0 Å². The fourth-order valence-corrected chi connectivity index (χ4v) is 5.97. The molecule has 2 aliphatic rings. The third kappa shape index (κ3) is 3.40. The second kappa shape index (κ2) is 7.85. The number of aromatic carboxylic acids is 1. The number of carbonyl (C=O) groups excluding carboxylic acids is 1. The summed E-state index contributed by atoms with van der Waals surface area (Å²) >= 11 is 1.35. The quantitative estimate of drug-likeness (QED) is 0.672. The summed E-state index contributed by atoms with van der Waals surface area (Å²) in [6, 6.07) is 16.2. The molecule has 0 bridgehead atoms. The fourth-order valence-electron chi connectivity index (χ4n) is 4.90. The molecule has 1 fully saturated rings. The number of para-hydroxylation sites is 1. The van der Waals surface area contributed by atoms with Crippen molar-refractivity contribution < 1.29 is 14.7 Å². The van der Waals surface area contributed by atoms with Crippen LogP contribution in [0.2, 0.25) is 0 Å². The Kier molecular flexibility index (Phi) is 5.05. The van der Waals surface area contributed by atoms with Gasteiger partial charge in [0, 0.05) is 23.0 Å². The monoisotopic (exact) mass is 420 g/mol. The molecule has 154 valence electrons. The van der Waals surface area contributed by atoms with E-state index in [0.29, 0.717) is 17.8 Å². The minimum atomic E-state index is -0.861. The number of hydrogen-bond donors (Lipinski definition) is 1. The van der Waals surface area contributed by atoms with Gasteiger partial charge in [0.2, 0.25) is 5.91 Å². The van der Waals surface area contributed by atoms with Crippen molar-refractivity contribution in [1.82, 2.24) is 4.90 Å². The SMILES string of the molecule is O=C(O)c1sc2ccccc2c1C[C@H]1CCCN1CC(=O)N1CCc2ccccc21. The Morgan fingerprint density at radius 2 is 1.87 bits per heavy atom. The Hall–Kier alpha value is -2.70. The maximum atomic E-state index is 13.1. The summed E-state index contributed by atoms with van der Waals surface area (Å²) in [4.78, 5) is 29.5. The van der Waals surface area contributed by atoms with Gasteiger partial charge in [-0.1, -0.05) is 36.4 Å². The highest BCUT2D eigenvalue weighted by Gasteiger charge is 2.32. The van der Waals surface area contributed by atoms with Gasteiger partial charge in [0.15, 0.2) is 0 Å². The molecule has 1 aromatic heterocycles. The smallest absolute Gasteiger partial charge is 0.346 e. The van der Waals surface area contributed by atoms with Crippen molar-refractivity contribution in [2.24, 2.45) is 0 Å². The molecule has 1 saturated heterocycles. The maximum absolute atomic E-state index is 13.1. The van der Waals surface area contributed by atoms with Crippen molar-refractivity contribution in [1.29, 1.82) is 0 Å². The van der Waals surface area contributed by atoms with Crippen molar-refractivity contribution in [3.63, 3.8) is 0 Å². The van der Waals surface area contributed by atoms with E-state index in [1.165, 1.54) is 16.9 Å². The van der Waals surface area contributed by atoms with E-state index in [1.54, 1.807) is 0 Å². The number of anilines is 1. The van der Waals surface area contributed by atoms with Gasteiger partial charge < -0.3 is 10.0 Å². The molecule has 2 aliphatic heterocycles. The molecule has 30 heavy (non-hydrogen) atoms. The highest BCUT2D eigenvalue weighted by molar-refractivity contribution is 7.21. The lowest BCUT2D eigenvalue weighted by atomic mass is 10.0. The molecule has 1 amide bonds. The van der Waals surface area contributed by atoms with E-state index < -0.39 is 5.97 Å². The van der Waals surface area contributed by atoms with E-state index in [2.05, 4.69) is 11.0 Å². The van der Waals surface area contributed by atoms with Gasteiger partial charge in [0.25, 0.3) is 0 Å². The second-order valence-corrected chi connectivity index (χ2v) is 9.16. The minimum absolute atomic E-state index is 0.139. The first-order chi connectivity index (χ1) is 14.6. The molecule has 0 unspecified atom stereocenters. The number of amides is 1. The number of carbonyl (C=O) groups is 2. The van der Waals surface area contributed by atoms with Crippen LogP contribution in [0.1, 0.15) is 33.6 Å². The zero-order valence-electron chi connectivity index (χ0n) is 16.7. The van der Waals surface area contributed by atoms with E-state index in [0.717, 1.165) is 53.7 Å². The Bertz CT molecular complexity index is 1120. The Morgan fingerprint density at radius 1 is 1.07 bits per heavy atom. The van der Waals surface area contributed by atoms with Gasteiger partial charge in [-0.15, -0.1) is 11.3 Å². The number of fused-ring (bicyclic) bond motifs is 2. The summed E-state index contributed by atoms with van der Waals surface area (Å²) in [7, 11) is 0. The lowest BCUT2D eigenvalue weighted by molar-refractivity contribution is -0.119. The normalized spacial score (nSPS) is 18.8. The van der Waals surface area contributed by atoms with Crippen molar-refractivity contribution >= 4 is 39.0 Å². The second-order valence-electron chi connectivity index (χ2n) is 8.11. The van der Waals surface area contributed by atoms with Crippen molar-refractivity contribution in [3.8, 4) is 0 Å². The van der Waals surface area contributed by atoms with E-state index in [-0.39, 0.29) is 11.9 Å². The summed E-state index contributed by atoms with van der Waals surface area (Å²) < 4.78 is 1.01. The molecule has 3 heterocycles. The number of benzene rings is 2. The average molecular weight is 421 g/mol. The molecular weight excluding hydrogens is 396 g/mol. The summed E-state index contributed by atoms with van der Waals surface area (Å²) in [6.07, 6.45) is 3.62. The standard InChI is InChI=1S/C24H24N2O3S/c27-22(26-13-11-16-6-1-3-9-20(16)26)15-25-12-5-7-17(25)14-19-18-8-2-4-10-21(18)30-23(19)24(28)29/h1-4,6,8-10,17H,5,7,11-15H2,(H,28,29)/t17-/m1/s1. The van der Waals surface area contributed by atoms with E-state index in [9.17, 15) is 14.7 Å². The van der Waals surface area contributed by atoms with Gasteiger partial charge in [0.05, 0.1) is 6.54 Å². The maximum Gasteiger partial charge on any atom is 0.346 e. The summed E-state index contributed by atoms with van der Waals surface area (Å²) in [5.74, 6) is -0.721. The van der Waals surface area contributed by atoms with Crippen molar-refractivity contribution in [3.05, 3.63) is 64.5 Å². The van der Waals surface area contributed by atoms with Crippen LogP contribution in [0.4, 0.5) is 5.69 Å². The number of likely N-dealkylation sites (tertiary alicyclic amines) is 1.